The maximum absolute atomic E-state index is 12.0. The third-order valence-electron chi connectivity index (χ3n) is 2.84. The average molecular weight is 310 g/mol. The van der Waals surface area contributed by atoms with Crippen molar-refractivity contribution < 1.29 is 9.53 Å². The minimum atomic E-state index is -0.416. The van der Waals surface area contributed by atoms with Gasteiger partial charge in [0.2, 0.25) is 0 Å². The van der Waals surface area contributed by atoms with Crippen molar-refractivity contribution in [1.29, 1.82) is 0 Å². The van der Waals surface area contributed by atoms with Crippen molar-refractivity contribution in [3.63, 3.8) is 0 Å². The number of ether oxygens (including phenoxy) is 1. The van der Waals surface area contributed by atoms with Crippen LogP contribution in [-0.4, -0.2) is 5.97 Å². The summed E-state index contributed by atoms with van der Waals surface area (Å²) in [4.78, 5) is 12.0. The molecule has 0 bridgehead atoms. The molecule has 0 unspecified atom stereocenters. The maximum atomic E-state index is 12.0. The minimum absolute atomic E-state index is 0.129. The summed E-state index contributed by atoms with van der Waals surface area (Å²) in [5.41, 5.74) is 8.25. The van der Waals surface area contributed by atoms with Gasteiger partial charge in [0.05, 0.1) is 15.6 Å². The quantitative estimate of drug-likeness (QED) is 0.681. The Morgan fingerprint density at radius 1 is 1.15 bits per heavy atom. The minimum Gasteiger partial charge on any atom is -0.457 e. The van der Waals surface area contributed by atoms with E-state index in [0.717, 1.165) is 11.1 Å². The Kier molecular flexibility index (Phi) is 4.53. The van der Waals surface area contributed by atoms with Crippen LogP contribution in [0.1, 0.15) is 21.5 Å². The lowest BCUT2D eigenvalue weighted by Crippen LogP contribution is -2.07. The molecule has 0 aliphatic rings. The zero-order chi connectivity index (χ0) is 14.7. The van der Waals surface area contributed by atoms with Crippen LogP contribution in [0.25, 0.3) is 0 Å². The van der Waals surface area contributed by atoms with E-state index in [0.29, 0.717) is 21.3 Å². The number of hydrogen-bond donors (Lipinski definition) is 1. The summed E-state index contributed by atoms with van der Waals surface area (Å²) >= 11 is 11.7. The Hall–Kier alpha value is -1.71. The van der Waals surface area contributed by atoms with E-state index in [9.17, 15) is 4.79 Å². The third-order valence-corrected chi connectivity index (χ3v) is 3.57. The van der Waals surface area contributed by atoms with Gasteiger partial charge in [-0.2, -0.15) is 0 Å². The first-order valence-electron chi connectivity index (χ1n) is 5.94. The number of esters is 1. The van der Waals surface area contributed by atoms with Crippen molar-refractivity contribution in [2.75, 3.05) is 5.73 Å². The molecule has 2 N–H and O–H groups in total. The van der Waals surface area contributed by atoms with E-state index in [2.05, 4.69) is 0 Å². The molecule has 0 spiro atoms. The molecule has 2 aromatic carbocycles. The predicted molar refractivity (Wildman–Crippen MR) is 81.2 cm³/mol. The van der Waals surface area contributed by atoms with Crippen LogP contribution in [0.2, 0.25) is 10.0 Å². The molecule has 20 heavy (non-hydrogen) atoms. The summed E-state index contributed by atoms with van der Waals surface area (Å²) in [6.45, 7) is 1.96. The molecule has 0 aliphatic carbocycles. The molecule has 0 fully saturated rings. The van der Waals surface area contributed by atoms with Gasteiger partial charge in [-0.25, -0.2) is 4.79 Å². The molecule has 0 aromatic heterocycles. The first kappa shape index (κ1) is 14.7. The Bertz CT molecular complexity index is 656. The topological polar surface area (TPSA) is 52.3 Å². The van der Waals surface area contributed by atoms with Gasteiger partial charge in [0.1, 0.15) is 6.61 Å². The average Bonchev–Trinajstić information content (AvgIpc) is 2.42. The molecule has 2 rings (SSSR count). The van der Waals surface area contributed by atoms with E-state index >= 15 is 0 Å². The number of nitrogen functional groups attached to an aromatic ring is 1. The summed E-state index contributed by atoms with van der Waals surface area (Å²) in [6.07, 6.45) is 0. The summed E-state index contributed by atoms with van der Waals surface area (Å²) in [6, 6.07) is 10.2. The molecule has 0 saturated carbocycles. The first-order chi connectivity index (χ1) is 9.47. The van der Waals surface area contributed by atoms with E-state index in [1.807, 2.05) is 6.92 Å². The highest BCUT2D eigenvalue weighted by Crippen LogP contribution is 2.23. The van der Waals surface area contributed by atoms with Crippen LogP contribution in [0.5, 0.6) is 0 Å². The Labute approximate surface area is 127 Å². The van der Waals surface area contributed by atoms with Crippen molar-refractivity contribution in [1.82, 2.24) is 0 Å². The number of carbonyl (C=O) groups excluding carboxylic acids is 1. The zero-order valence-corrected chi connectivity index (χ0v) is 12.3. The second-order valence-electron chi connectivity index (χ2n) is 4.40. The molecule has 0 heterocycles. The smallest absolute Gasteiger partial charge is 0.338 e. The molecule has 104 valence electrons. The standard InChI is InChI=1S/C15H13Cl2NO2/c1-9-2-4-11(18)7-12(9)15(19)20-8-10-3-5-13(16)14(17)6-10/h2-7H,8,18H2,1H3. The van der Waals surface area contributed by atoms with Gasteiger partial charge in [-0.3, -0.25) is 0 Å². The van der Waals surface area contributed by atoms with E-state index < -0.39 is 5.97 Å². The Morgan fingerprint density at radius 2 is 1.90 bits per heavy atom. The van der Waals surface area contributed by atoms with Gasteiger partial charge in [0.15, 0.2) is 0 Å². The molecule has 3 nitrogen and oxygen atoms in total. The number of hydrogen-bond acceptors (Lipinski definition) is 3. The lowest BCUT2D eigenvalue weighted by molar-refractivity contribution is 0.0472. The van der Waals surface area contributed by atoms with Crippen LogP contribution in [0, 0.1) is 6.92 Å². The lowest BCUT2D eigenvalue weighted by Gasteiger charge is -2.08. The van der Waals surface area contributed by atoms with Crippen molar-refractivity contribution in [3.8, 4) is 0 Å². The SMILES string of the molecule is Cc1ccc(N)cc1C(=O)OCc1ccc(Cl)c(Cl)c1. The van der Waals surface area contributed by atoms with Crippen LogP contribution >= 0.6 is 23.2 Å². The van der Waals surface area contributed by atoms with Gasteiger partial charge < -0.3 is 10.5 Å². The van der Waals surface area contributed by atoms with Crippen molar-refractivity contribution in [2.45, 2.75) is 13.5 Å². The molecule has 0 radical (unpaired) electrons. The van der Waals surface area contributed by atoms with Crippen LogP contribution in [0.3, 0.4) is 0 Å². The first-order valence-corrected chi connectivity index (χ1v) is 6.70. The molecular weight excluding hydrogens is 297 g/mol. The summed E-state index contributed by atoms with van der Waals surface area (Å²) in [7, 11) is 0. The number of rotatable bonds is 3. The second-order valence-corrected chi connectivity index (χ2v) is 5.21. The van der Waals surface area contributed by atoms with Crippen LogP contribution in [0.4, 0.5) is 5.69 Å². The molecule has 2 aromatic rings. The fourth-order valence-electron chi connectivity index (χ4n) is 1.72. The molecule has 0 atom stereocenters. The molecule has 0 aliphatic heterocycles. The van der Waals surface area contributed by atoms with Gasteiger partial charge in [-0.1, -0.05) is 35.3 Å². The number of nitrogens with two attached hydrogens (primary N) is 1. The van der Waals surface area contributed by atoms with Crippen LogP contribution < -0.4 is 5.73 Å². The highest BCUT2D eigenvalue weighted by molar-refractivity contribution is 6.42. The lowest BCUT2D eigenvalue weighted by atomic mass is 10.1. The van der Waals surface area contributed by atoms with Gasteiger partial charge in [-0.05, 0) is 42.3 Å². The molecule has 0 saturated heterocycles. The van der Waals surface area contributed by atoms with Crippen molar-refractivity contribution in [3.05, 3.63) is 63.1 Å². The summed E-state index contributed by atoms with van der Waals surface area (Å²) in [5.74, 6) is -0.416. The number of aryl methyl sites for hydroxylation is 1. The zero-order valence-electron chi connectivity index (χ0n) is 10.8. The normalized spacial score (nSPS) is 10.3. The third kappa shape index (κ3) is 3.44. The highest BCUT2D eigenvalue weighted by atomic mass is 35.5. The van der Waals surface area contributed by atoms with E-state index in [-0.39, 0.29) is 6.61 Å². The Morgan fingerprint density at radius 3 is 2.60 bits per heavy atom. The molecular formula is C15H13Cl2NO2. The largest absolute Gasteiger partial charge is 0.457 e. The van der Waals surface area contributed by atoms with E-state index in [4.69, 9.17) is 33.7 Å². The number of halogens is 2. The van der Waals surface area contributed by atoms with Crippen molar-refractivity contribution >= 4 is 34.9 Å². The summed E-state index contributed by atoms with van der Waals surface area (Å²) in [5, 5.41) is 0.897. The second kappa shape index (κ2) is 6.16. The van der Waals surface area contributed by atoms with Gasteiger partial charge in [0.25, 0.3) is 0 Å². The highest BCUT2D eigenvalue weighted by Gasteiger charge is 2.11. The summed E-state index contributed by atoms with van der Waals surface area (Å²) < 4.78 is 5.25. The van der Waals surface area contributed by atoms with E-state index in [1.165, 1.54) is 0 Å². The van der Waals surface area contributed by atoms with Crippen LogP contribution in [0.15, 0.2) is 36.4 Å². The van der Waals surface area contributed by atoms with E-state index in [1.54, 1.807) is 36.4 Å². The maximum Gasteiger partial charge on any atom is 0.338 e. The van der Waals surface area contributed by atoms with Crippen molar-refractivity contribution in [2.24, 2.45) is 0 Å². The Balaban J connectivity index is 2.08. The van der Waals surface area contributed by atoms with Crippen LogP contribution in [-0.2, 0) is 11.3 Å². The predicted octanol–water partition coefficient (Wildman–Crippen LogP) is 4.24. The fourth-order valence-corrected chi connectivity index (χ4v) is 2.04. The molecule has 5 heteroatoms. The van der Waals surface area contributed by atoms with Gasteiger partial charge in [-0.15, -0.1) is 0 Å². The van der Waals surface area contributed by atoms with Gasteiger partial charge >= 0.3 is 5.97 Å². The fraction of sp³-hybridized carbons (Fsp3) is 0.133. The number of anilines is 1. The number of carbonyl (C=O) groups is 1. The molecule has 0 amide bonds. The van der Waals surface area contributed by atoms with Gasteiger partial charge in [0, 0.05) is 5.69 Å². The number of benzene rings is 2. The monoisotopic (exact) mass is 309 g/mol.